The fraction of sp³-hybridized carbons (Fsp3) is 0.214. The summed E-state index contributed by atoms with van der Waals surface area (Å²) in [6.45, 7) is 2.53. The standard InChI is InChI=1S/C14H14ClN3O4/c1-9-2-5-13(22-9)14(19)17-7-6-16-12-4-3-10(18(20)21)8-11(12)15/h2-5,8,16H,6-7H2,1H3,(H,17,19). The van der Waals surface area contributed by atoms with Crippen molar-refractivity contribution in [2.45, 2.75) is 6.92 Å². The quantitative estimate of drug-likeness (QED) is 0.484. The van der Waals surface area contributed by atoms with E-state index in [1.54, 1.807) is 19.1 Å². The highest BCUT2D eigenvalue weighted by Crippen LogP contribution is 2.26. The van der Waals surface area contributed by atoms with Crippen LogP contribution in [0.1, 0.15) is 16.3 Å². The van der Waals surface area contributed by atoms with E-state index < -0.39 is 4.92 Å². The first-order chi connectivity index (χ1) is 10.5. The predicted molar refractivity (Wildman–Crippen MR) is 82.4 cm³/mol. The number of non-ortho nitro benzene ring substituents is 1. The molecule has 1 heterocycles. The van der Waals surface area contributed by atoms with Gasteiger partial charge in [-0.2, -0.15) is 0 Å². The number of furan rings is 1. The Bertz CT molecular complexity index is 699. The molecular formula is C14H14ClN3O4. The van der Waals surface area contributed by atoms with Gasteiger partial charge in [0.05, 0.1) is 15.6 Å². The van der Waals surface area contributed by atoms with E-state index in [-0.39, 0.29) is 22.4 Å². The number of nitrogens with zero attached hydrogens (tertiary/aromatic N) is 1. The average molecular weight is 324 g/mol. The zero-order valence-electron chi connectivity index (χ0n) is 11.8. The zero-order chi connectivity index (χ0) is 16.1. The van der Waals surface area contributed by atoms with Gasteiger partial charge in [-0.3, -0.25) is 14.9 Å². The van der Waals surface area contributed by atoms with Crippen LogP contribution < -0.4 is 10.6 Å². The minimum Gasteiger partial charge on any atom is -0.456 e. The van der Waals surface area contributed by atoms with E-state index in [2.05, 4.69) is 10.6 Å². The van der Waals surface area contributed by atoms with Crippen molar-refractivity contribution in [2.75, 3.05) is 18.4 Å². The first-order valence-electron chi connectivity index (χ1n) is 6.50. The number of nitro benzene ring substituents is 1. The van der Waals surface area contributed by atoms with Crippen LogP contribution in [0.4, 0.5) is 11.4 Å². The van der Waals surface area contributed by atoms with Crippen LogP contribution in [0, 0.1) is 17.0 Å². The number of benzene rings is 1. The highest BCUT2D eigenvalue weighted by atomic mass is 35.5. The van der Waals surface area contributed by atoms with Crippen molar-refractivity contribution in [2.24, 2.45) is 0 Å². The molecule has 7 nitrogen and oxygen atoms in total. The van der Waals surface area contributed by atoms with E-state index >= 15 is 0 Å². The molecule has 0 unspecified atom stereocenters. The van der Waals surface area contributed by atoms with Gasteiger partial charge in [0, 0.05) is 25.2 Å². The van der Waals surface area contributed by atoms with Crippen molar-refractivity contribution in [3.63, 3.8) is 0 Å². The highest BCUT2D eigenvalue weighted by Gasteiger charge is 2.10. The van der Waals surface area contributed by atoms with E-state index in [0.29, 0.717) is 24.5 Å². The lowest BCUT2D eigenvalue weighted by atomic mass is 10.3. The maximum Gasteiger partial charge on any atom is 0.287 e. The van der Waals surface area contributed by atoms with Gasteiger partial charge in [0.25, 0.3) is 11.6 Å². The molecule has 0 aliphatic heterocycles. The molecule has 0 saturated carbocycles. The molecule has 0 spiro atoms. The van der Waals surface area contributed by atoms with E-state index in [0.717, 1.165) is 0 Å². The van der Waals surface area contributed by atoms with Crippen LogP contribution in [0.25, 0.3) is 0 Å². The summed E-state index contributed by atoms with van der Waals surface area (Å²) >= 11 is 5.94. The van der Waals surface area contributed by atoms with E-state index in [1.807, 2.05) is 0 Å². The highest BCUT2D eigenvalue weighted by molar-refractivity contribution is 6.33. The van der Waals surface area contributed by atoms with Gasteiger partial charge >= 0.3 is 0 Å². The minimum absolute atomic E-state index is 0.0722. The van der Waals surface area contributed by atoms with Crippen LogP contribution in [0.3, 0.4) is 0 Å². The number of rotatable bonds is 6. The number of anilines is 1. The smallest absolute Gasteiger partial charge is 0.287 e. The normalized spacial score (nSPS) is 10.3. The lowest BCUT2D eigenvalue weighted by Gasteiger charge is -2.08. The lowest BCUT2D eigenvalue weighted by Crippen LogP contribution is -2.28. The maximum absolute atomic E-state index is 11.7. The van der Waals surface area contributed by atoms with Gasteiger partial charge in [-0.15, -0.1) is 0 Å². The van der Waals surface area contributed by atoms with Crippen LogP contribution in [-0.2, 0) is 0 Å². The molecule has 1 aromatic heterocycles. The Kier molecular flexibility index (Phi) is 5.00. The number of amides is 1. The van der Waals surface area contributed by atoms with Crippen LogP contribution in [0.2, 0.25) is 5.02 Å². The van der Waals surface area contributed by atoms with Gasteiger partial charge < -0.3 is 15.1 Å². The third-order valence-electron chi connectivity index (χ3n) is 2.85. The van der Waals surface area contributed by atoms with Crippen LogP contribution in [-0.4, -0.2) is 23.9 Å². The number of carbonyl (C=O) groups is 1. The second kappa shape index (κ2) is 6.95. The lowest BCUT2D eigenvalue weighted by molar-refractivity contribution is -0.384. The summed E-state index contributed by atoms with van der Waals surface area (Å²) in [6.07, 6.45) is 0. The third-order valence-corrected chi connectivity index (χ3v) is 3.17. The average Bonchev–Trinajstić information content (AvgIpc) is 2.91. The van der Waals surface area contributed by atoms with Gasteiger partial charge in [-0.25, -0.2) is 0 Å². The second-order valence-electron chi connectivity index (χ2n) is 4.51. The molecular weight excluding hydrogens is 310 g/mol. The van der Waals surface area contributed by atoms with Gasteiger partial charge in [-0.1, -0.05) is 11.6 Å². The molecule has 0 bridgehead atoms. The number of hydrogen-bond donors (Lipinski definition) is 2. The maximum atomic E-state index is 11.7. The summed E-state index contributed by atoms with van der Waals surface area (Å²) < 4.78 is 5.20. The number of nitro groups is 1. The largest absolute Gasteiger partial charge is 0.456 e. The predicted octanol–water partition coefficient (Wildman–Crippen LogP) is 2.99. The van der Waals surface area contributed by atoms with Gasteiger partial charge in [0.2, 0.25) is 0 Å². The van der Waals surface area contributed by atoms with Crippen molar-refractivity contribution in [1.29, 1.82) is 0 Å². The number of halogens is 1. The first-order valence-corrected chi connectivity index (χ1v) is 6.87. The molecule has 0 atom stereocenters. The Morgan fingerprint density at radius 3 is 2.68 bits per heavy atom. The summed E-state index contributed by atoms with van der Waals surface area (Å²) in [4.78, 5) is 21.8. The molecule has 2 N–H and O–H groups in total. The van der Waals surface area contributed by atoms with Crippen molar-refractivity contribution in [1.82, 2.24) is 5.32 Å². The molecule has 1 amide bonds. The summed E-state index contributed by atoms with van der Waals surface area (Å²) in [6, 6.07) is 7.47. The molecule has 2 rings (SSSR count). The van der Waals surface area contributed by atoms with Crippen LogP contribution >= 0.6 is 11.6 Å². The summed E-state index contributed by atoms with van der Waals surface area (Å²) in [5, 5.41) is 16.5. The molecule has 0 aliphatic rings. The SMILES string of the molecule is Cc1ccc(C(=O)NCCNc2ccc([N+](=O)[O-])cc2Cl)o1. The Morgan fingerprint density at radius 1 is 1.32 bits per heavy atom. The van der Waals surface area contributed by atoms with E-state index in [4.69, 9.17) is 16.0 Å². The topological polar surface area (TPSA) is 97.4 Å². The number of nitrogens with one attached hydrogen (secondary N) is 2. The summed E-state index contributed by atoms with van der Waals surface area (Å²) in [5.41, 5.74) is 0.493. The molecule has 0 saturated heterocycles. The van der Waals surface area contributed by atoms with Crippen molar-refractivity contribution in [3.05, 3.63) is 57.0 Å². The molecule has 0 fully saturated rings. The van der Waals surface area contributed by atoms with E-state index in [1.165, 1.54) is 18.2 Å². The molecule has 116 valence electrons. The Hall–Kier alpha value is -2.54. The van der Waals surface area contributed by atoms with E-state index in [9.17, 15) is 14.9 Å². The van der Waals surface area contributed by atoms with Crippen LogP contribution in [0.15, 0.2) is 34.7 Å². The van der Waals surface area contributed by atoms with Crippen molar-refractivity contribution >= 4 is 28.9 Å². The van der Waals surface area contributed by atoms with Crippen LogP contribution in [0.5, 0.6) is 0 Å². The molecule has 1 aromatic carbocycles. The van der Waals surface area contributed by atoms with Crippen molar-refractivity contribution < 1.29 is 14.1 Å². The Morgan fingerprint density at radius 2 is 2.09 bits per heavy atom. The summed E-state index contributed by atoms with van der Waals surface area (Å²) in [7, 11) is 0. The number of carbonyl (C=O) groups excluding carboxylic acids is 1. The molecule has 22 heavy (non-hydrogen) atoms. The Labute approximate surface area is 131 Å². The first kappa shape index (κ1) is 15.8. The van der Waals surface area contributed by atoms with Crippen molar-refractivity contribution in [3.8, 4) is 0 Å². The van der Waals surface area contributed by atoms with Gasteiger partial charge in [0.1, 0.15) is 5.76 Å². The number of hydrogen-bond acceptors (Lipinski definition) is 5. The fourth-order valence-electron chi connectivity index (χ4n) is 1.78. The number of aryl methyl sites for hydroxylation is 1. The second-order valence-corrected chi connectivity index (χ2v) is 4.92. The van der Waals surface area contributed by atoms with Gasteiger partial charge in [0.15, 0.2) is 5.76 Å². The Balaban J connectivity index is 1.81. The third kappa shape index (κ3) is 3.98. The molecule has 8 heteroatoms. The molecule has 0 radical (unpaired) electrons. The monoisotopic (exact) mass is 323 g/mol. The summed E-state index contributed by atoms with van der Waals surface area (Å²) in [5.74, 6) is 0.622. The molecule has 0 aliphatic carbocycles. The zero-order valence-corrected chi connectivity index (χ0v) is 12.5. The molecule has 2 aromatic rings. The van der Waals surface area contributed by atoms with Gasteiger partial charge in [-0.05, 0) is 25.1 Å². The fourth-order valence-corrected chi connectivity index (χ4v) is 2.02. The minimum atomic E-state index is -0.513.